The zero-order valence-electron chi connectivity index (χ0n) is 12.8. The minimum atomic E-state index is -4.88. The maximum Gasteiger partial charge on any atom is 0.417 e. The lowest BCUT2D eigenvalue weighted by Crippen LogP contribution is -2.17. The van der Waals surface area contributed by atoms with Crippen LogP contribution in [0.5, 0.6) is 11.5 Å². The molecule has 0 aliphatic heterocycles. The quantitative estimate of drug-likeness (QED) is 0.353. The van der Waals surface area contributed by atoms with Gasteiger partial charge in [-0.05, 0) is 12.1 Å². The molecule has 0 atom stereocenters. The van der Waals surface area contributed by atoms with E-state index in [4.69, 9.17) is 4.52 Å². The van der Waals surface area contributed by atoms with Crippen LogP contribution in [0, 0.1) is 10.1 Å². The average Bonchev–Trinajstić information content (AvgIpc) is 3.05. The van der Waals surface area contributed by atoms with Gasteiger partial charge in [-0.2, -0.15) is 18.2 Å². The van der Waals surface area contributed by atoms with E-state index in [0.717, 1.165) is 18.3 Å². The number of benzene rings is 1. The lowest BCUT2D eigenvalue weighted by atomic mass is 10.1. The molecular weight excluding hydrogens is 377 g/mol. The van der Waals surface area contributed by atoms with Crippen molar-refractivity contribution in [2.24, 2.45) is 0 Å². The molecule has 3 rings (SSSR count). The van der Waals surface area contributed by atoms with E-state index >= 15 is 0 Å². The first kappa shape index (κ1) is 17.9. The Morgan fingerprint density at radius 2 is 1.96 bits per heavy atom. The highest BCUT2D eigenvalue weighted by Crippen LogP contribution is 2.39. The zero-order valence-corrected chi connectivity index (χ0v) is 12.8. The summed E-state index contributed by atoms with van der Waals surface area (Å²) in [6.07, 6.45) is -4.07. The predicted octanol–water partition coefficient (Wildman–Crippen LogP) is 2.43. The number of nitro benzene ring substituents is 1. The fourth-order valence-electron chi connectivity index (χ4n) is 2.25. The highest BCUT2D eigenvalue weighted by molar-refractivity contribution is 5.69. The number of hydrogen-bond donors (Lipinski definition) is 3. The number of nitrogens with zero attached hydrogens (tertiary/aromatic N) is 3. The van der Waals surface area contributed by atoms with Crippen molar-refractivity contribution in [2.75, 3.05) is 0 Å². The SMILES string of the molecule is O=c1[nH]ccc(C(F)(F)F)c1-c1noc(-c2cc(O)c(O)c([N+](=O)[O-])c2)n1. The van der Waals surface area contributed by atoms with E-state index in [1.54, 1.807) is 0 Å². The van der Waals surface area contributed by atoms with E-state index in [0.29, 0.717) is 6.07 Å². The molecule has 0 bridgehead atoms. The van der Waals surface area contributed by atoms with Crippen molar-refractivity contribution in [1.29, 1.82) is 0 Å². The normalized spacial score (nSPS) is 11.5. The van der Waals surface area contributed by atoms with E-state index in [1.165, 1.54) is 0 Å². The molecule has 140 valence electrons. The van der Waals surface area contributed by atoms with Crippen LogP contribution in [0.3, 0.4) is 0 Å². The van der Waals surface area contributed by atoms with Gasteiger partial charge >= 0.3 is 11.9 Å². The van der Waals surface area contributed by atoms with Crippen LogP contribution in [-0.2, 0) is 6.18 Å². The molecule has 2 aromatic heterocycles. The Labute approximate surface area is 145 Å². The second-order valence-electron chi connectivity index (χ2n) is 5.14. The summed E-state index contributed by atoms with van der Waals surface area (Å²) >= 11 is 0. The standard InChI is InChI=1S/C14H7F3N4O6/c15-14(16,17)6-1-2-18-12(24)9(6)11-19-13(27-20-11)5-3-7(21(25)26)10(23)8(22)4-5/h1-4,22-23H,(H,18,24). The monoisotopic (exact) mass is 384 g/mol. The summed E-state index contributed by atoms with van der Waals surface area (Å²) in [5.74, 6) is -3.12. The summed E-state index contributed by atoms with van der Waals surface area (Å²) in [5, 5.41) is 33.2. The van der Waals surface area contributed by atoms with Gasteiger partial charge in [-0.15, -0.1) is 0 Å². The number of halogens is 3. The van der Waals surface area contributed by atoms with Crippen molar-refractivity contribution < 1.29 is 32.8 Å². The number of hydrogen-bond acceptors (Lipinski definition) is 8. The lowest BCUT2D eigenvalue weighted by molar-refractivity contribution is -0.385. The van der Waals surface area contributed by atoms with Gasteiger partial charge in [0.25, 0.3) is 11.4 Å². The summed E-state index contributed by atoms with van der Waals surface area (Å²) < 4.78 is 44.1. The molecular formula is C14H7F3N4O6. The number of alkyl halides is 3. The van der Waals surface area contributed by atoms with Crippen molar-refractivity contribution in [3.63, 3.8) is 0 Å². The minimum absolute atomic E-state index is 0.253. The second kappa shape index (κ2) is 6.12. The van der Waals surface area contributed by atoms with Crippen LogP contribution >= 0.6 is 0 Å². The first-order chi connectivity index (χ1) is 12.6. The van der Waals surface area contributed by atoms with Crippen molar-refractivity contribution in [2.45, 2.75) is 6.18 Å². The van der Waals surface area contributed by atoms with Crippen LogP contribution in [0.15, 0.2) is 33.7 Å². The summed E-state index contributed by atoms with van der Waals surface area (Å²) in [4.78, 5) is 27.4. The molecule has 2 heterocycles. The van der Waals surface area contributed by atoms with Gasteiger partial charge in [0.2, 0.25) is 11.6 Å². The van der Waals surface area contributed by atoms with Gasteiger partial charge in [-0.3, -0.25) is 14.9 Å². The van der Waals surface area contributed by atoms with E-state index in [9.17, 15) is 38.3 Å². The van der Waals surface area contributed by atoms with Crippen molar-refractivity contribution in [3.05, 3.63) is 50.4 Å². The van der Waals surface area contributed by atoms with Crippen LogP contribution in [0.25, 0.3) is 22.8 Å². The van der Waals surface area contributed by atoms with Crippen LogP contribution in [0.2, 0.25) is 0 Å². The fourth-order valence-corrected chi connectivity index (χ4v) is 2.25. The number of pyridine rings is 1. The largest absolute Gasteiger partial charge is 0.504 e. The number of nitro groups is 1. The Bertz CT molecular complexity index is 1100. The van der Waals surface area contributed by atoms with E-state index in [1.807, 2.05) is 0 Å². The minimum Gasteiger partial charge on any atom is -0.504 e. The third-order valence-corrected chi connectivity index (χ3v) is 3.43. The number of aromatic amines is 1. The Morgan fingerprint density at radius 3 is 2.59 bits per heavy atom. The highest BCUT2D eigenvalue weighted by Gasteiger charge is 2.36. The van der Waals surface area contributed by atoms with Gasteiger partial charge in [-0.1, -0.05) is 5.16 Å². The molecule has 0 aliphatic carbocycles. The third kappa shape index (κ3) is 3.17. The van der Waals surface area contributed by atoms with Gasteiger partial charge < -0.3 is 19.7 Å². The Kier molecular flexibility index (Phi) is 4.06. The number of nitrogens with one attached hydrogen (secondary N) is 1. The van der Waals surface area contributed by atoms with Crippen LogP contribution in [0.1, 0.15) is 5.56 Å². The summed E-state index contributed by atoms with van der Waals surface area (Å²) in [7, 11) is 0. The fraction of sp³-hybridized carbons (Fsp3) is 0.0714. The Hall–Kier alpha value is -3.90. The lowest BCUT2D eigenvalue weighted by Gasteiger charge is -2.08. The van der Waals surface area contributed by atoms with Crippen molar-refractivity contribution in [3.8, 4) is 34.3 Å². The summed E-state index contributed by atoms with van der Waals surface area (Å²) in [6.45, 7) is 0. The molecule has 0 saturated carbocycles. The average molecular weight is 384 g/mol. The maximum atomic E-state index is 13.1. The molecule has 10 nitrogen and oxygen atoms in total. The molecule has 1 aromatic carbocycles. The Balaban J connectivity index is 2.16. The third-order valence-electron chi connectivity index (χ3n) is 3.43. The van der Waals surface area contributed by atoms with Gasteiger partial charge in [0.05, 0.1) is 16.1 Å². The van der Waals surface area contributed by atoms with E-state index in [2.05, 4.69) is 15.1 Å². The van der Waals surface area contributed by atoms with Gasteiger partial charge in [-0.25, -0.2) is 0 Å². The molecule has 0 radical (unpaired) electrons. The van der Waals surface area contributed by atoms with E-state index in [-0.39, 0.29) is 5.56 Å². The smallest absolute Gasteiger partial charge is 0.417 e. The Morgan fingerprint density at radius 1 is 1.26 bits per heavy atom. The molecule has 0 fully saturated rings. The number of phenolic OH excluding ortho intramolecular Hbond substituents is 2. The second-order valence-corrected chi connectivity index (χ2v) is 5.14. The number of rotatable bonds is 3. The van der Waals surface area contributed by atoms with Gasteiger partial charge in [0, 0.05) is 12.3 Å². The number of aromatic hydroxyl groups is 2. The molecule has 0 amide bonds. The van der Waals surface area contributed by atoms with Gasteiger partial charge in [0.15, 0.2) is 5.75 Å². The van der Waals surface area contributed by atoms with Crippen molar-refractivity contribution >= 4 is 5.69 Å². The topological polar surface area (TPSA) is 155 Å². The molecule has 0 aliphatic rings. The van der Waals surface area contributed by atoms with E-state index < -0.39 is 56.7 Å². The first-order valence-corrected chi connectivity index (χ1v) is 6.93. The molecule has 0 unspecified atom stereocenters. The predicted molar refractivity (Wildman–Crippen MR) is 80.8 cm³/mol. The molecule has 0 spiro atoms. The van der Waals surface area contributed by atoms with Gasteiger partial charge in [0.1, 0.15) is 5.56 Å². The van der Waals surface area contributed by atoms with Crippen LogP contribution in [-0.4, -0.2) is 30.3 Å². The number of H-pyrrole nitrogens is 1. The highest BCUT2D eigenvalue weighted by atomic mass is 19.4. The number of phenols is 2. The molecule has 3 aromatic rings. The van der Waals surface area contributed by atoms with Crippen LogP contribution in [0.4, 0.5) is 18.9 Å². The maximum absolute atomic E-state index is 13.1. The molecule has 3 N–H and O–H groups in total. The zero-order chi connectivity index (χ0) is 19.9. The first-order valence-electron chi connectivity index (χ1n) is 6.93. The summed E-state index contributed by atoms with van der Waals surface area (Å²) in [6, 6.07) is 2.22. The van der Waals surface area contributed by atoms with Crippen molar-refractivity contribution in [1.82, 2.24) is 15.1 Å². The molecule has 13 heteroatoms. The molecule has 0 saturated heterocycles. The molecule has 27 heavy (non-hydrogen) atoms. The summed E-state index contributed by atoms with van der Waals surface area (Å²) in [5.41, 5.74) is -4.48. The number of aromatic nitrogens is 3. The van der Waals surface area contributed by atoms with Crippen LogP contribution < -0.4 is 5.56 Å².